The number of unbranched alkanes of at least 4 members (excludes halogenated alkanes) is 2. The van der Waals surface area contributed by atoms with E-state index in [1.807, 2.05) is 54.6 Å². The summed E-state index contributed by atoms with van der Waals surface area (Å²) in [5.74, 6) is 2.54. The lowest BCUT2D eigenvalue weighted by molar-refractivity contribution is 0.305. The summed E-state index contributed by atoms with van der Waals surface area (Å²) in [6.45, 7) is 2.82. The lowest BCUT2D eigenvalue weighted by atomic mass is 10.2. The number of rotatable bonds is 10. The van der Waals surface area contributed by atoms with Gasteiger partial charge in [-0.1, -0.05) is 61.4 Å². The van der Waals surface area contributed by atoms with Crippen LogP contribution in [0.3, 0.4) is 0 Å². The first-order valence-electron chi connectivity index (χ1n) is 11.2. The quantitative estimate of drug-likeness (QED) is 0.314. The molecule has 0 saturated carbocycles. The van der Waals surface area contributed by atoms with Crippen LogP contribution in [0.15, 0.2) is 47.3 Å². The molecule has 4 rings (SSSR count). The van der Waals surface area contributed by atoms with Crippen molar-refractivity contribution in [2.24, 2.45) is 0 Å². The first-order valence-corrected chi connectivity index (χ1v) is 12.0. The van der Waals surface area contributed by atoms with Crippen LogP contribution >= 0.6 is 11.3 Å². The second-order valence-corrected chi connectivity index (χ2v) is 8.63. The standard InChI is InChI=1S/C26H27N3O4S/c1-4-5-8-15-33-20-10-7-6-9-19(20)17-23-25(30)29-26(34-23)27-24(28-29)14-12-18-11-13-21(31-2)22(16-18)32-3/h6-7,9-14,16-17H,4-5,8,15H2,1-3H3. The molecule has 2 heterocycles. The fourth-order valence-electron chi connectivity index (χ4n) is 3.45. The molecule has 0 radical (unpaired) electrons. The van der Waals surface area contributed by atoms with Crippen molar-refractivity contribution < 1.29 is 14.2 Å². The third-order valence-electron chi connectivity index (χ3n) is 5.24. The lowest BCUT2D eigenvalue weighted by Crippen LogP contribution is -2.23. The molecule has 0 amide bonds. The van der Waals surface area contributed by atoms with E-state index in [1.54, 1.807) is 20.3 Å². The van der Waals surface area contributed by atoms with Crippen molar-refractivity contribution >= 4 is 34.5 Å². The average molecular weight is 478 g/mol. The SMILES string of the molecule is CCCCCOc1ccccc1C=c1sc2nc(C=Cc3ccc(OC)c(OC)c3)nn2c1=O. The molecule has 2 aromatic carbocycles. The van der Waals surface area contributed by atoms with Gasteiger partial charge in [0.2, 0.25) is 4.96 Å². The van der Waals surface area contributed by atoms with Crippen molar-refractivity contribution in [2.75, 3.05) is 20.8 Å². The van der Waals surface area contributed by atoms with E-state index in [9.17, 15) is 4.79 Å². The maximum atomic E-state index is 12.9. The molecule has 34 heavy (non-hydrogen) atoms. The van der Waals surface area contributed by atoms with E-state index in [-0.39, 0.29) is 5.56 Å². The van der Waals surface area contributed by atoms with Gasteiger partial charge in [-0.05, 0) is 42.3 Å². The molecule has 0 aliphatic carbocycles. The Morgan fingerprint density at radius 3 is 2.59 bits per heavy atom. The first-order chi connectivity index (χ1) is 16.6. The predicted molar refractivity (Wildman–Crippen MR) is 136 cm³/mol. The number of benzene rings is 2. The molecule has 0 spiro atoms. The van der Waals surface area contributed by atoms with Crippen molar-refractivity contribution in [1.29, 1.82) is 0 Å². The largest absolute Gasteiger partial charge is 0.493 e. The predicted octanol–water partition coefficient (Wildman–Crippen LogP) is 4.46. The summed E-state index contributed by atoms with van der Waals surface area (Å²) in [4.78, 5) is 18.0. The molecule has 0 bridgehead atoms. The second kappa shape index (κ2) is 11.0. The summed E-state index contributed by atoms with van der Waals surface area (Å²) in [7, 11) is 3.19. The van der Waals surface area contributed by atoms with Gasteiger partial charge in [0.25, 0.3) is 5.56 Å². The van der Waals surface area contributed by atoms with Crippen LogP contribution in [0, 0.1) is 0 Å². The summed E-state index contributed by atoms with van der Waals surface area (Å²) in [6.07, 6.45) is 8.76. The molecule has 0 aliphatic heterocycles. The van der Waals surface area contributed by atoms with Crippen LogP contribution < -0.4 is 24.3 Å². The van der Waals surface area contributed by atoms with Crippen LogP contribution in [0.1, 0.15) is 43.1 Å². The number of thiazole rings is 1. The highest BCUT2D eigenvalue weighted by molar-refractivity contribution is 7.15. The van der Waals surface area contributed by atoms with Gasteiger partial charge in [0.15, 0.2) is 17.3 Å². The van der Waals surface area contributed by atoms with Gasteiger partial charge in [-0.15, -0.1) is 5.10 Å². The number of para-hydroxylation sites is 1. The van der Waals surface area contributed by atoms with E-state index >= 15 is 0 Å². The second-order valence-electron chi connectivity index (χ2n) is 7.62. The molecule has 7 nitrogen and oxygen atoms in total. The van der Waals surface area contributed by atoms with E-state index in [1.165, 1.54) is 15.9 Å². The molecule has 176 valence electrons. The third kappa shape index (κ3) is 5.28. The molecular weight excluding hydrogens is 450 g/mol. The Morgan fingerprint density at radius 1 is 1.00 bits per heavy atom. The summed E-state index contributed by atoms with van der Waals surface area (Å²) < 4.78 is 18.4. The number of nitrogens with zero attached hydrogens (tertiary/aromatic N) is 3. The van der Waals surface area contributed by atoms with Gasteiger partial charge in [0.05, 0.1) is 25.4 Å². The third-order valence-corrected chi connectivity index (χ3v) is 6.20. The summed E-state index contributed by atoms with van der Waals surface area (Å²) >= 11 is 1.31. The summed E-state index contributed by atoms with van der Waals surface area (Å²) in [6, 6.07) is 13.3. The fraction of sp³-hybridized carbons (Fsp3) is 0.269. The van der Waals surface area contributed by atoms with Gasteiger partial charge in [0, 0.05) is 5.56 Å². The van der Waals surface area contributed by atoms with Gasteiger partial charge in [-0.25, -0.2) is 0 Å². The Hall–Kier alpha value is -3.65. The maximum Gasteiger partial charge on any atom is 0.291 e. The molecule has 8 heteroatoms. The number of hydrogen-bond donors (Lipinski definition) is 0. The Morgan fingerprint density at radius 2 is 1.82 bits per heavy atom. The number of ether oxygens (including phenoxy) is 3. The van der Waals surface area contributed by atoms with Crippen LogP contribution in [-0.4, -0.2) is 35.4 Å². The van der Waals surface area contributed by atoms with E-state index in [2.05, 4.69) is 17.0 Å². The van der Waals surface area contributed by atoms with E-state index in [0.29, 0.717) is 33.4 Å². The van der Waals surface area contributed by atoms with Crippen LogP contribution in [-0.2, 0) is 0 Å². The molecule has 2 aromatic heterocycles. The van der Waals surface area contributed by atoms with Crippen molar-refractivity contribution in [3.63, 3.8) is 0 Å². The molecule has 0 atom stereocenters. The van der Waals surface area contributed by atoms with Crippen LogP contribution in [0.5, 0.6) is 17.2 Å². The van der Waals surface area contributed by atoms with Crippen molar-refractivity contribution in [3.05, 3.63) is 74.3 Å². The first kappa shape index (κ1) is 23.5. The fourth-order valence-corrected chi connectivity index (χ4v) is 4.36. The molecule has 0 saturated heterocycles. The zero-order valence-corrected chi connectivity index (χ0v) is 20.3. The van der Waals surface area contributed by atoms with E-state index in [4.69, 9.17) is 14.2 Å². The molecule has 0 fully saturated rings. The normalized spacial score (nSPS) is 12.0. The van der Waals surface area contributed by atoms with Crippen molar-refractivity contribution in [2.45, 2.75) is 26.2 Å². The molecular formula is C26H27N3O4S. The monoisotopic (exact) mass is 477 g/mol. The van der Waals surface area contributed by atoms with Crippen LogP contribution in [0.25, 0.3) is 23.2 Å². The molecule has 4 aromatic rings. The van der Waals surface area contributed by atoms with Crippen LogP contribution in [0.2, 0.25) is 0 Å². The number of hydrogen-bond acceptors (Lipinski definition) is 7. The Labute approximate surface area is 201 Å². The zero-order chi connectivity index (χ0) is 23.9. The highest BCUT2D eigenvalue weighted by Gasteiger charge is 2.10. The number of methoxy groups -OCH3 is 2. The smallest absolute Gasteiger partial charge is 0.291 e. The number of aromatic nitrogens is 3. The van der Waals surface area contributed by atoms with Gasteiger partial charge in [-0.2, -0.15) is 9.50 Å². The highest BCUT2D eigenvalue weighted by atomic mass is 32.1. The molecule has 0 unspecified atom stereocenters. The topological polar surface area (TPSA) is 74.9 Å². The minimum atomic E-state index is -0.195. The number of fused-ring (bicyclic) bond motifs is 1. The van der Waals surface area contributed by atoms with Gasteiger partial charge < -0.3 is 14.2 Å². The average Bonchev–Trinajstić information content (AvgIpc) is 3.39. The maximum absolute atomic E-state index is 12.9. The molecule has 0 N–H and O–H groups in total. The van der Waals surface area contributed by atoms with Gasteiger partial charge >= 0.3 is 0 Å². The van der Waals surface area contributed by atoms with Crippen molar-refractivity contribution in [1.82, 2.24) is 14.6 Å². The van der Waals surface area contributed by atoms with E-state index < -0.39 is 0 Å². The summed E-state index contributed by atoms with van der Waals surface area (Å²) in [5.41, 5.74) is 1.58. The van der Waals surface area contributed by atoms with Crippen molar-refractivity contribution in [3.8, 4) is 17.2 Å². The Kier molecular flexibility index (Phi) is 7.59. The highest BCUT2D eigenvalue weighted by Crippen LogP contribution is 2.28. The minimum Gasteiger partial charge on any atom is -0.493 e. The van der Waals surface area contributed by atoms with E-state index in [0.717, 1.165) is 36.1 Å². The van der Waals surface area contributed by atoms with Gasteiger partial charge in [-0.3, -0.25) is 4.79 Å². The minimum absolute atomic E-state index is 0.195. The lowest BCUT2D eigenvalue weighted by Gasteiger charge is -2.08. The van der Waals surface area contributed by atoms with Crippen LogP contribution in [0.4, 0.5) is 0 Å². The zero-order valence-electron chi connectivity index (χ0n) is 19.5. The Balaban J connectivity index is 1.57. The Bertz CT molecular complexity index is 1410. The van der Waals surface area contributed by atoms with Gasteiger partial charge in [0.1, 0.15) is 5.75 Å². The molecule has 0 aliphatic rings. The summed E-state index contributed by atoms with van der Waals surface area (Å²) in [5, 5.41) is 4.37.